The maximum atomic E-state index is 14.5. The van der Waals surface area contributed by atoms with Crippen LogP contribution in [0.4, 0.5) is 10.1 Å². The maximum absolute atomic E-state index is 14.5. The van der Waals surface area contributed by atoms with E-state index in [-0.39, 0.29) is 23.8 Å². The highest BCUT2D eigenvalue weighted by atomic mass is 19.1. The Labute approximate surface area is 129 Å². The summed E-state index contributed by atoms with van der Waals surface area (Å²) < 4.78 is 14.5. The molecule has 0 aromatic heterocycles. The molecular weight excluding hydrogens is 279 g/mol. The SMILES string of the molecule is Cc1ccccc1CC(=O)Nc1ccc2c(c1F)CCNC2. The molecule has 0 unspecified atom stereocenters. The average Bonchev–Trinajstić information content (AvgIpc) is 2.53. The van der Waals surface area contributed by atoms with Crippen molar-refractivity contribution >= 4 is 11.6 Å². The molecule has 0 fully saturated rings. The summed E-state index contributed by atoms with van der Waals surface area (Å²) in [7, 11) is 0. The second-order valence-electron chi connectivity index (χ2n) is 5.64. The molecule has 22 heavy (non-hydrogen) atoms. The monoisotopic (exact) mass is 298 g/mol. The summed E-state index contributed by atoms with van der Waals surface area (Å²) in [4.78, 5) is 12.2. The molecule has 4 heteroatoms. The average molecular weight is 298 g/mol. The van der Waals surface area contributed by atoms with E-state index in [2.05, 4.69) is 10.6 Å². The Morgan fingerprint density at radius 3 is 2.91 bits per heavy atom. The lowest BCUT2D eigenvalue weighted by molar-refractivity contribution is -0.115. The lowest BCUT2D eigenvalue weighted by Crippen LogP contribution is -2.25. The Bertz CT molecular complexity index is 712. The van der Waals surface area contributed by atoms with E-state index in [4.69, 9.17) is 0 Å². The summed E-state index contributed by atoms with van der Waals surface area (Å²) in [5.74, 6) is -0.487. The first-order chi connectivity index (χ1) is 10.6. The van der Waals surface area contributed by atoms with E-state index in [0.29, 0.717) is 18.5 Å². The number of amides is 1. The van der Waals surface area contributed by atoms with Crippen LogP contribution in [-0.2, 0) is 24.2 Å². The Hall–Kier alpha value is -2.20. The largest absolute Gasteiger partial charge is 0.323 e. The third-order valence-electron chi connectivity index (χ3n) is 4.09. The summed E-state index contributed by atoms with van der Waals surface area (Å²) >= 11 is 0. The molecule has 2 N–H and O–H groups in total. The number of anilines is 1. The number of hydrogen-bond acceptors (Lipinski definition) is 2. The van der Waals surface area contributed by atoms with Gasteiger partial charge < -0.3 is 10.6 Å². The number of benzene rings is 2. The van der Waals surface area contributed by atoms with Gasteiger partial charge in [0, 0.05) is 6.54 Å². The molecule has 1 aliphatic heterocycles. The van der Waals surface area contributed by atoms with Crippen molar-refractivity contribution in [1.82, 2.24) is 5.32 Å². The highest BCUT2D eigenvalue weighted by molar-refractivity contribution is 5.92. The molecule has 1 heterocycles. The summed E-state index contributed by atoms with van der Waals surface area (Å²) in [5, 5.41) is 5.91. The van der Waals surface area contributed by atoms with E-state index in [0.717, 1.165) is 23.2 Å². The molecule has 3 rings (SSSR count). The van der Waals surface area contributed by atoms with Gasteiger partial charge in [-0.2, -0.15) is 0 Å². The number of nitrogens with one attached hydrogen (secondary N) is 2. The first-order valence-corrected chi connectivity index (χ1v) is 7.50. The normalized spacial score (nSPS) is 13.5. The Morgan fingerprint density at radius 2 is 2.09 bits per heavy atom. The molecule has 0 aliphatic carbocycles. The van der Waals surface area contributed by atoms with Crippen LogP contribution in [0.25, 0.3) is 0 Å². The third kappa shape index (κ3) is 3.02. The summed E-state index contributed by atoms with van der Waals surface area (Å²) in [6, 6.07) is 11.3. The molecule has 0 spiro atoms. The van der Waals surface area contributed by atoms with Crippen molar-refractivity contribution in [3.8, 4) is 0 Å². The minimum absolute atomic E-state index is 0.193. The lowest BCUT2D eigenvalue weighted by Gasteiger charge is -2.19. The minimum Gasteiger partial charge on any atom is -0.323 e. The Kier molecular flexibility index (Phi) is 4.20. The molecule has 2 aromatic carbocycles. The molecule has 1 aliphatic rings. The van der Waals surface area contributed by atoms with Crippen molar-refractivity contribution in [3.63, 3.8) is 0 Å². The quantitative estimate of drug-likeness (QED) is 0.914. The molecule has 2 aromatic rings. The number of carbonyl (C=O) groups is 1. The first-order valence-electron chi connectivity index (χ1n) is 7.50. The molecule has 1 amide bonds. The second kappa shape index (κ2) is 6.28. The standard InChI is InChI=1S/C18H19FN2O/c1-12-4-2-3-5-13(12)10-17(22)21-16-7-6-14-11-20-9-8-15(14)18(16)19/h2-7,20H,8-11H2,1H3,(H,21,22). The van der Waals surface area contributed by atoms with Crippen molar-refractivity contribution < 1.29 is 9.18 Å². The number of halogens is 1. The number of fused-ring (bicyclic) bond motifs is 1. The fourth-order valence-electron chi connectivity index (χ4n) is 2.81. The zero-order chi connectivity index (χ0) is 15.5. The zero-order valence-electron chi connectivity index (χ0n) is 12.6. The Balaban J connectivity index is 1.76. The van der Waals surface area contributed by atoms with Gasteiger partial charge in [-0.1, -0.05) is 30.3 Å². The van der Waals surface area contributed by atoms with Gasteiger partial charge in [0.1, 0.15) is 5.82 Å². The van der Waals surface area contributed by atoms with E-state index in [1.807, 2.05) is 37.3 Å². The molecule has 0 saturated heterocycles. The number of aryl methyl sites for hydroxylation is 1. The van der Waals surface area contributed by atoms with E-state index in [1.54, 1.807) is 6.07 Å². The fourth-order valence-corrected chi connectivity index (χ4v) is 2.81. The predicted octanol–water partition coefficient (Wildman–Crippen LogP) is 2.96. The lowest BCUT2D eigenvalue weighted by atomic mass is 9.99. The van der Waals surface area contributed by atoms with Crippen LogP contribution >= 0.6 is 0 Å². The van der Waals surface area contributed by atoms with Gasteiger partial charge in [0.2, 0.25) is 5.91 Å². The van der Waals surface area contributed by atoms with Crippen molar-refractivity contribution in [1.29, 1.82) is 0 Å². The summed E-state index contributed by atoms with van der Waals surface area (Å²) in [5.41, 5.74) is 3.99. The van der Waals surface area contributed by atoms with Crippen molar-refractivity contribution in [2.45, 2.75) is 26.3 Å². The summed E-state index contributed by atoms with van der Waals surface area (Å²) in [6.45, 7) is 3.42. The topological polar surface area (TPSA) is 41.1 Å². The predicted molar refractivity (Wildman–Crippen MR) is 85.3 cm³/mol. The molecule has 114 valence electrons. The smallest absolute Gasteiger partial charge is 0.228 e. The van der Waals surface area contributed by atoms with E-state index < -0.39 is 0 Å². The van der Waals surface area contributed by atoms with Gasteiger partial charge in [-0.05, 0) is 48.2 Å². The molecule has 0 atom stereocenters. The molecule has 3 nitrogen and oxygen atoms in total. The molecule has 0 saturated carbocycles. The van der Waals surface area contributed by atoms with Crippen molar-refractivity contribution in [2.75, 3.05) is 11.9 Å². The van der Waals surface area contributed by atoms with Crippen LogP contribution in [0, 0.1) is 12.7 Å². The summed E-state index contributed by atoms with van der Waals surface area (Å²) in [6.07, 6.45) is 0.910. The van der Waals surface area contributed by atoms with Gasteiger partial charge in [-0.3, -0.25) is 4.79 Å². The minimum atomic E-state index is -0.294. The van der Waals surface area contributed by atoms with Gasteiger partial charge >= 0.3 is 0 Å². The molecule has 0 radical (unpaired) electrons. The third-order valence-corrected chi connectivity index (χ3v) is 4.09. The van der Waals surface area contributed by atoms with Crippen molar-refractivity contribution in [3.05, 3.63) is 64.5 Å². The fraction of sp³-hybridized carbons (Fsp3) is 0.278. The Morgan fingerprint density at radius 1 is 1.27 bits per heavy atom. The molecule has 0 bridgehead atoms. The molecular formula is C18H19FN2O. The second-order valence-corrected chi connectivity index (χ2v) is 5.64. The van der Waals surface area contributed by atoms with Crippen LogP contribution in [0.1, 0.15) is 22.3 Å². The van der Waals surface area contributed by atoms with Gasteiger partial charge in [0.25, 0.3) is 0 Å². The first kappa shape index (κ1) is 14.7. The number of rotatable bonds is 3. The van der Waals surface area contributed by atoms with Gasteiger partial charge in [0.15, 0.2) is 0 Å². The van der Waals surface area contributed by atoms with Crippen LogP contribution in [-0.4, -0.2) is 12.5 Å². The van der Waals surface area contributed by atoms with Gasteiger partial charge in [-0.25, -0.2) is 4.39 Å². The van der Waals surface area contributed by atoms with Crippen LogP contribution < -0.4 is 10.6 Å². The van der Waals surface area contributed by atoms with Crippen LogP contribution in [0.2, 0.25) is 0 Å². The highest BCUT2D eigenvalue weighted by Gasteiger charge is 2.17. The van der Waals surface area contributed by atoms with Gasteiger partial charge in [-0.15, -0.1) is 0 Å². The van der Waals surface area contributed by atoms with Gasteiger partial charge in [0.05, 0.1) is 12.1 Å². The van der Waals surface area contributed by atoms with E-state index in [9.17, 15) is 9.18 Å². The van der Waals surface area contributed by atoms with Crippen LogP contribution in [0.5, 0.6) is 0 Å². The van der Waals surface area contributed by atoms with E-state index >= 15 is 0 Å². The number of carbonyl (C=O) groups excluding carboxylic acids is 1. The number of hydrogen-bond donors (Lipinski definition) is 2. The van der Waals surface area contributed by atoms with Crippen LogP contribution in [0.15, 0.2) is 36.4 Å². The van der Waals surface area contributed by atoms with Crippen LogP contribution in [0.3, 0.4) is 0 Å². The van der Waals surface area contributed by atoms with E-state index in [1.165, 1.54) is 0 Å². The highest BCUT2D eigenvalue weighted by Crippen LogP contribution is 2.24. The van der Waals surface area contributed by atoms with Crippen molar-refractivity contribution in [2.24, 2.45) is 0 Å². The maximum Gasteiger partial charge on any atom is 0.228 e. The zero-order valence-corrected chi connectivity index (χ0v) is 12.6.